The van der Waals surface area contributed by atoms with Gasteiger partial charge in [-0.05, 0) is 30.9 Å². The summed E-state index contributed by atoms with van der Waals surface area (Å²) in [7, 11) is -2.02. The Labute approximate surface area is 119 Å². The quantitative estimate of drug-likeness (QED) is 0.749. The molecule has 0 fully saturated rings. The van der Waals surface area contributed by atoms with Crippen LogP contribution in [0.15, 0.2) is 23.1 Å². The summed E-state index contributed by atoms with van der Waals surface area (Å²) in [4.78, 5) is 0.155. The van der Waals surface area contributed by atoms with E-state index in [1.807, 2.05) is 6.26 Å². The van der Waals surface area contributed by atoms with Crippen molar-refractivity contribution in [2.45, 2.75) is 23.5 Å². The third-order valence-electron chi connectivity index (χ3n) is 2.76. The van der Waals surface area contributed by atoms with E-state index in [1.54, 1.807) is 17.8 Å². The van der Waals surface area contributed by atoms with Crippen LogP contribution in [0.3, 0.4) is 0 Å². The summed E-state index contributed by atoms with van der Waals surface area (Å²) in [6.07, 6.45) is 2.79. The Hall–Kier alpha value is -0.920. The number of hydrogen-bond donors (Lipinski definition) is 2. The minimum Gasteiger partial charge on any atom is -0.495 e. The summed E-state index contributed by atoms with van der Waals surface area (Å²) in [6.45, 7) is 2.47. The van der Waals surface area contributed by atoms with Crippen molar-refractivity contribution in [1.29, 1.82) is 0 Å². The Morgan fingerprint density at radius 1 is 1.47 bits per heavy atom. The smallest absolute Gasteiger partial charge is 0.240 e. The van der Waals surface area contributed by atoms with Gasteiger partial charge in [-0.2, -0.15) is 11.8 Å². The van der Waals surface area contributed by atoms with Gasteiger partial charge in [0.15, 0.2) is 0 Å². The number of methoxy groups -OCH3 is 1. The fraction of sp³-hybridized carbons (Fsp3) is 0.500. The molecule has 0 saturated heterocycles. The highest BCUT2D eigenvalue weighted by atomic mass is 32.2. The van der Waals surface area contributed by atoms with E-state index < -0.39 is 10.0 Å². The van der Waals surface area contributed by atoms with Gasteiger partial charge < -0.3 is 10.5 Å². The minimum absolute atomic E-state index is 0.155. The Kier molecular flexibility index (Phi) is 5.96. The Balaban J connectivity index is 2.75. The lowest BCUT2D eigenvalue weighted by molar-refractivity contribution is 0.416. The molecule has 5 nitrogen and oxygen atoms in total. The van der Waals surface area contributed by atoms with Crippen molar-refractivity contribution in [1.82, 2.24) is 4.72 Å². The van der Waals surface area contributed by atoms with Crippen molar-refractivity contribution in [3.63, 3.8) is 0 Å². The third kappa shape index (κ3) is 4.59. The van der Waals surface area contributed by atoms with Crippen molar-refractivity contribution in [2.75, 3.05) is 25.6 Å². The molecule has 0 heterocycles. The maximum absolute atomic E-state index is 12.0. The van der Waals surface area contributed by atoms with Crippen molar-refractivity contribution >= 4 is 27.5 Å². The van der Waals surface area contributed by atoms with Gasteiger partial charge in [-0.3, -0.25) is 0 Å². The zero-order valence-corrected chi connectivity index (χ0v) is 13.0. The maximum Gasteiger partial charge on any atom is 0.240 e. The van der Waals surface area contributed by atoms with Crippen LogP contribution in [0, 0.1) is 0 Å². The lowest BCUT2D eigenvalue weighted by atomic mass is 10.3. The number of rotatable bonds is 7. The molecule has 3 N–H and O–H groups in total. The largest absolute Gasteiger partial charge is 0.495 e. The van der Waals surface area contributed by atoms with E-state index in [0.717, 1.165) is 6.42 Å². The molecule has 1 rings (SSSR count). The number of nitrogens with two attached hydrogens (primary N) is 1. The molecule has 1 aromatic carbocycles. The van der Waals surface area contributed by atoms with Gasteiger partial charge >= 0.3 is 0 Å². The zero-order chi connectivity index (χ0) is 14.5. The van der Waals surface area contributed by atoms with Crippen molar-refractivity contribution in [2.24, 2.45) is 0 Å². The lowest BCUT2D eigenvalue weighted by Gasteiger charge is -2.11. The Bertz CT molecular complexity index is 518. The van der Waals surface area contributed by atoms with E-state index in [4.69, 9.17) is 10.5 Å². The summed E-state index contributed by atoms with van der Waals surface area (Å²) >= 11 is 1.71. The standard InChI is InChI=1S/C12H20N2O3S2/c1-9(18-3)6-7-14-19(15,16)10-4-5-12(17-2)11(13)8-10/h4-5,8-9,14H,6-7,13H2,1-3H3. The van der Waals surface area contributed by atoms with Gasteiger partial charge in [0.1, 0.15) is 5.75 Å². The van der Waals surface area contributed by atoms with Crippen LogP contribution in [0.2, 0.25) is 0 Å². The van der Waals surface area contributed by atoms with E-state index in [9.17, 15) is 8.42 Å². The highest BCUT2D eigenvalue weighted by Crippen LogP contribution is 2.24. The van der Waals surface area contributed by atoms with Gasteiger partial charge in [0.25, 0.3) is 0 Å². The van der Waals surface area contributed by atoms with Crippen LogP contribution in [0.5, 0.6) is 5.75 Å². The zero-order valence-electron chi connectivity index (χ0n) is 11.3. The van der Waals surface area contributed by atoms with Crippen LogP contribution < -0.4 is 15.2 Å². The van der Waals surface area contributed by atoms with Crippen molar-refractivity contribution < 1.29 is 13.2 Å². The number of hydrogen-bond acceptors (Lipinski definition) is 5. The first-order valence-electron chi connectivity index (χ1n) is 5.86. The van der Waals surface area contributed by atoms with Gasteiger partial charge in [-0.25, -0.2) is 13.1 Å². The molecule has 19 heavy (non-hydrogen) atoms. The fourth-order valence-corrected chi connectivity index (χ4v) is 2.91. The first-order valence-corrected chi connectivity index (χ1v) is 8.63. The molecular weight excluding hydrogens is 284 g/mol. The van der Waals surface area contributed by atoms with E-state index in [-0.39, 0.29) is 4.90 Å². The predicted octanol–water partition coefficient (Wildman–Crippen LogP) is 1.70. The van der Waals surface area contributed by atoms with Crippen LogP contribution in [-0.2, 0) is 10.0 Å². The predicted molar refractivity (Wildman–Crippen MR) is 80.2 cm³/mol. The van der Waals surface area contributed by atoms with Gasteiger partial charge in [-0.1, -0.05) is 6.92 Å². The Morgan fingerprint density at radius 2 is 2.16 bits per heavy atom. The normalized spacial score (nSPS) is 13.2. The number of sulfonamides is 1. The highest BCUT2D eigenvalue weighted by molar-refractivity contribution is 7.99. The average molecular weight is 304 g/mol. The monoisotopic (exact) mass is 304 g/mol. The molecule has 0 aromatic heterocycles. The first kappa shape index (κ1) is 16.1. The molecule has 0 spiro atoms. The molecule has 108 valence electrons. The van der Waals surface area contributed by atoms with Gasteiger partial charge in [0, 0.05) is 11.8 Å². The maximum atomic E-state index is 12.0. The first-order chi connectivity index (χ1) is 8.90. The molecule has 1 aromatic rings. The van der Waals surface area contributed by atoms with Gasteiger partial charge in [0.05, 0.1) is 17.7 Å². The van der Waals surface area contributed by atoms with E-state index in [2.05, 4.69) is 11.6 Å². The van der Waals surface area contributed by atoms with E-state index >= 15 is 0 Å². The lowest BCUT2D eigenvalue weighted by Crippen LogP contribution is -2.26. The molecular formula is C12H20N2O3S2. The van der Waals surface area contributed by atoms with Crippen molar-refractivity contribution in [3.05, 3.63) is 18.2 Å². The number of anilines is 1. The number of ether oxygens (including phenoxy) is 1. The second-order valence-corrected chi connectivity index (χ2v) is 7.18. The topological polar surface area (TPSA) is 81.4 Å². The van der Waals surface area contributed by atoms with Crippen LogP contribution in [-0.4, -0.2) is 33.6 Å². The summed E-state index contributed by atoms with van der Waals surface area (Å²) in [5, 5.41) is 0.420. The Morgan fingerprint density at radius 3 is 2.68 bits per heavy atom. The average Bonchev–Trinajstić information content (AvgIpc) is 2.38. The summed E-state index contributed by atoms with van der Waals surface area (Å²) in [5.74, 6) is 0.468. The molecule has 1 unspecified atom stereocenters. The molecule has 0 aliphatic heterocycles. The number of thioether (sulfide) groups is 1. The number of nitrogens with one attached hydrogen (secondary N) is 1. The molecule has 0 saturated carbocycles. The molecule has 0 bridgehead atoms. The molecule has 1 atom stereocenters. The fourth-order valence-electron chi connectivity index (χ4n) is 1.48. The molecule has 0 radical (unpaired) electrons. The number of nitrogen functional groups attached to an aromatic ring is 1. The van der Waals surface area contributed by atoms with Crippen LogP contribution in [0.1, 0.15) is 13.3 Å². The summed E-state index contributed by atoms with van der Waals surface area (Å²) < 4.78 is 31.6. The molecule has 0 aliphatic rings. The van der Waals surface area contributed by atoms with E-state index in [0.29, 0.717) is 23.2 Å². The minimum atomic E-state index is -3.51. The van der Waals surface area contributed by atoms with Gasteiger partial charge in [-0.15, -0.1) is 0 Å². The number of benzene rings is 1. The molecule has 0 aliphatic carbocycles. The highest BCUT2D eigenvalue weighted by Gasteiger charge is 2.15. The van der Waals surface area contributed by atoms with Crippen molar-refractivity contribution in [3.8, 4) is 5.75 Å². The van der Waals surface area contributed by atoms with Crippen LogP contribution in [0.4, 0.5) is 5.69 Å². The van der Waals surface area contributed by atoms with Crippen LogP contribution in [0.25, 0.3) is 0 Å². The van der Waals surface area contributed by atoms with Gasteiger partial charge in [0.2, 0.25) is 10.0 Å². The summed E-state index contributed by atoms with van der Waals surface area (Å²) in [5.41, 5.74) is 6.01. The molecule has 0 amide bonds. The third-order valence-corrected chi connectivity index (χ3v) is 5.26. The van der Waals surface area contributed by atoms with E-state index in [1.165, 1.54) is 19.2 Å². The molecule has 7 heteroatoms. The SMILES string of the molecule is COc1ccc(S(=O)(=O)NCCC(C)SC)cc1N. The second-order valence-electron chi connectivity index (χ2n) is 4.14. The summed E-state index contributed by atoms with van der Waals surface area (Å²) in [6, 6.07) is 4.43. The second kappa shape index (κ2) is 7.02. The van der Waals surface area contributed by atoms with Crippen LogP contribution >= 0.6 is 11.8 Å².